The van der Waals surface area contributed by atoms with Crippen molar-refractivity contribution in [2.24, 2.45) is 5.92 Å². The number of nitrogens with zero attached hydrogens (tertiary/aromatic N) is 2. The van der Waals surface area contributed by atoms with Gasteiger partial charge in [0, 0.05) is 25.6 Å². The van der Waals surface area contributed by atoms with Gasteiger partial charge in [-0.15, -0.1) is 0 Å². The van der Waals surface area contributed by atoms with Gasteiger partial charge in [0.1, 0.15) is 0 Å². The molecule has 0 amide bonds. The van der Waals surface area contributed by atoms with Crippen LogP contribution >= 0.6 is 0 Å². The van der Waals surface area contributed by atoms with E-state index < -0.39 is 0 Å². The summed E-state index contributed by atoms with van der Waals surface area (Å²) in [6.45, 7) is 1.70. The number of ether oxygens (including phenoxy) is 1. The highest BCUT2D eigenvalue weighted by Crippen LogP contribution is 2.21. The van der Waals surface area contributed by atoms with Crippen molar-refractivity contribution in [3.05, 3.63) is 30.2 Å². The molecule has 1 fully saturated rings. The van der Waals surface area contributed by atoms with E-state index in [1.165, 1.54) is 0 Å². The molecule has 4 nitrogen and oxygen atoms in total. The third-order valence-corrected chi connectivity index (χ3v) is 3.03. The smallest absolute Gasteiger partial charge is 0.179 e. The average molecular weight is 218 g/mol. The van der Waals surface area contributed by atoms with E-state index in [4.69, 9.17) is 4.74 Å². The van der Waals surface area contributed by atoms with E-state index in [9.17, 15) is 5.11 Å². The first-order chi connectivity index (χ1) is 7.83. The van der Waals surface area contributed by atoms with Crippen LogP contribution in [-0.2, 0) is 11.2 Å². The molecular formula is C12H14N2O2. The lowest BCUT2D eigenvalue weighted by Crippen LogP contribution is -2.03. The molecule has 0 aromatic carbocycles. The van der Waals surface area contributed by atoms with E-state index in [0.29, 0.717) is 11.6 Å². The Morgan fingerprint density at radius 1 is 1.56 bits per heavy atom. The minimum absolute atomic E-state index is 0.233. The summed E-state index contributed by atoms with van der Waals surface area (Å²) in [7, 11) is 0. The van der Waals surface area contributed by atoms with Gasteiger partial charge in [0.25, 0.3) is 0 Å². The summed E-state index contributed by atoms with van der Waals surface area (Å²) in [5.41, 5.74) is 1.66. The Bertz CT molecular complexity index is 501. The number of aromatic hydroxyl groups is 1. The fourth-order valence-electron chi connectivity index (χ4n) is 2.19. The molecule has 2 aromatic rings. The molecule has 1 aliphatic heterocycles. The molecule has 0 aliphatic carbocycles. The normalized spacial score (nSPS) is 20.6. The maximum Gasteiger partial charge on any atom is 0.179 e. The Morgan fingerprint density at radius 3 is 3.25 bits per heavy atom. The molecule has 0 bridgehead atoms. The van der Waals surface area contributed by atoms with E-state index in [1.807, 2.05) is 22.9 Å². The molecule has 1 atom stereocenters. The maximum absolute atomic E-state index is 9.64. The van der Waals surface area contributed by atoms with E-state index in [0.717, 1.165) is 31.7 Å². The number of fused-ring (bicyclic) bond motifs is 1. The highest BCUT2D eigenvalue weighted by atomic mass is 16.5. The Balaban J connectivity index is 1.90. The van der Waals surface area contributed by atoms with Crippen LogP contribution in [-0.4, -0.2) is 27.7 Å². The molecular weight excluding hydrogens is 204 g/mol. The van der Waals surface area contributed by atoms with Gasteiger partial charge >= 0.3 is 0 Å². The molecule has 3 rings (SSSR count). The van der Waals surface area contributed by atoms with Crippen molar-refractivity contribution in [3.8, 4) is 5.75 Å². The highest BCUT2D eigenvalue weighted by molar-refractivity contribution is 5.53. The monoisotopic (exact) mass is 218 g/mol. The number of aromatic nitrogens is 2. The molecule has 16 heavy (non-hydrogen) atoms. The second-order valence-corrected chi connectivity index (χ2v) is 4.29. The fraction of sp³-hybridized carbons (Fsp3) is 0.417. The van der Waals surface area contributed by atoms with Gasteiger partial charge in [-0.1, -0.05) is 0 Å². The van der Waals surface area contributed by atoms with Crippen molar-refractivity contribution in [3.63, 3.8) is 0 Å². The third-order valence-electron chi connectivity index (χ3n) is 3.03. The minimum Gasteiger partial charge on any atom is -0.504 e. The van der Waals surface area contributed by atoms with E-state index in [-0.39, 0.29) is 5.75 Å². The second kappa shape index (κ2) is 3.79. The first-order valence-electron chi connectivity index (χ1n) is 5.56. The van der Waals surface area contributed by atoms with Gasteiger partial charge < -0.3 is 14.2 Å². The lowest BCUT2D eigenvalue weighted by Gasteiger charge is -2.02. The highest BCUT2D eigenvalue weighted by Gasteiger charge is 2.17. The summed E-state index contributed by atoms with van der Waals surface area (Å²) in [5.74, 6) is 0.809. The van der Waals surface area contributed by atoms with E-state index in [1.54, 1.807) is 6.07 Å². The number of hydrogen-bond donors (Lipinski definition) is 1. The van der Waals surface area contributed by atoms with Crippen molar-refractivity contribution in [2.75, 3.05) is 13.2 Å². The summed E-state index contributed by atoms with van der Waals surface area (Å²) >= 11 is 0. The van der Waals surface area contributed by atoms with Gasteiger partial charge in [-0.25, -0.2) is 4.98 Å². The van der Waals surface area contributed by atoms with E-state index >= 15 is 0 Å². The molecule has 3 heterocycles. The first-order valence-corrected chi connectivity index (χ1v) is 5.56. The van der Waals surface area contributed by atoms with Gasteiger partial charge in [0.05, 0.1) is 5.69 Å². The molecule has 1 N–H and O–H groups in total. The van der Waals surface area contributed by atoms with Gasteiger partial charge in [0.15, 0.2) is 11.4 Å². The zero-order valence-electron chi connectivity index (χ0n) is 8.97. The summed E-state index contributed by atoms with van der Waals surface area (Å²) in [6.07, 6.45) is 5.92. The van der Waals surface area contributed by atoms with Crippen LogP contribution in [0.1, 0.15) is 12.1 Å². The third kappa shape index (κ3) is 1.65. The average Bonchev–Trinajstić information content (AvgIpc) is 2.88. The van der Waals surface area contributed by atoms with Crippen LogP contribution in [0.4, 0.5) is 0 Å². The lowest BCUT2D eigenvalue weighted by molar-refractivity contribution is 0.185. The summed E-state index contributed by atoms with van der Waals surface area (Å²) < 4.78 is 7.20. The van der Waals surface area contributed by atoms with Gasteiger partial charge in [0.2, 0.25) is 0 Å². The summed E-state index contributed by atoms with van der Waals surface area (Å²) in [6, 6.07) is 3.47. The Labute approximate surface area is 93.5 Å². The molecule has 0 saturated carbocycles. The fourth-order valence-corrected chi connectivity index (χ4v) is 2.19. The maximum atomic E-state index is 9.64. The Hall–Kier alpha value is -1.55. The van der Waals surface area contributed by atoms with Crippen molar-refractivity contribution < 1.29 is 9.84 Å². The molecule has 4 heteroatoms. The van der Waals surface area contributed by atoms with E-state index in [2.05, 4.69) is 4.98 Å². The molecule has 1 saturated heterocycles. The summed E-state index contributed by atoms with van der Waals surface area (Å²) in [5, 5.41) is 9.64. The lowest BCUT2D eigenvalue weighted by atomic mass is 10.0. The van der Waals surface area contributed by atoms with Gasteiger partial charge in [-0.2, -0.15) is 0 Å². The van der Waals surface area contributed by atoms with Crippen molar-refractivity contribution >= 4 is 5.65 Å². The SMILES string of the molecule is Oc1cccn2cc(CC3CCOC3)nc12. The Morgan fingerprint density at radius 2 is 2.50 bits per heavy atom. The van der Waals surface area contributed by atoms with Crippen LogP contribution in [0, 0.1) is 5.92 Å². The molecule has 84 valence electrons. The number of rotatable bonds is 2. The predicted octanol–water partition coefficient (Wildman–Crippen LogP) is 1.62. The number of hydrogen-bond acceptors (Lipinski definition) is 3. The first kappa shape index (κ1) is 9.66. The zero-order valence-corrected chi connectivity index (χ0v) is 8.97. The second-order valence-electron chi connectivity index (χ2n) is 4.29. The topological polar surface area (TPSA) is 46.8 Å². The molecule has 1 aliphatic rings. The quantitative estimate of drug-likeness (QED) is 0.833. The van der Waals surface area contributed by atoms with Gasteiger partial charge in [-0.05, 0) is 30.9 Å². The predicted molar refractivity (Wildman–Crippen MR) is 59.5 cm³/mol. The standard InChI is InChI=1S/C12H14N2O2/c15-11-2-1-4-14-7-10(13-12(11)14)6-9-3-5-16-8-9/h1-2,4,7,9,15H,3,5-6,8H2. The zero-order chi connectivity index (χ0) is 11.0. The van der Waals surface area contributed by atoms with Crippen LogP contribution < -0.4 is 0 Å². The van der Waals surface area contributed by atoms with Crippen molar-refractivity contribution in [1.29, 1.82) is 0 Å². The number of imidazole rings is 1. The minimum atomic E-state index is 0.233. The van der Waals surface area contributed by atoms with Crippen molar-refractivity contribution in [1.82, 2.24) is 9.38 Å². The van der Waals surface area contributed by atoms with Gasteiger partial charge in [-0.3, -0.25) is 0 Å². The van der Waals surface area contributed by atoms with Crippen LogP contribution in [0.2, 0.25) is 0 Å². The Kier molecular flexibility index (Phi) is 2.29. The van der Waals surface area contributed by atoms with Crippen LogP contribution in [0.3, 0.4) is 0 Å². The van der Waals surface area contributed by atoms with Crippen molar-refractivity contribution in [2.45, 2.75) is 12.8 Å². The molecule has 0 spiro atoms. The molecule has 2 aromatic heterocycles. The molecule has 1 unspecified atom stereocenters. The van der Waals surface area contributed by atoms with Crippen LogP contribution in [0.15, 0.2) is 24.5 Å². The largest absolute Gasteiger partial charge is 0.504 e. The van der Waals surface area contributed by atoms with Crippen LogP contribution in [0.25, 0.3) is 5.65 Å². The summed E-state index contributed by atoms with van der Waals surface area (Å²) in [4.78, 5) is 4.43. The number of pyridine rings is 1. The molecule has 0 radical (unpaired) electrons. The van der Waals surface area contributed by atoms with Crippen LogP contribution in [0.5, 0.6) is 5.75 Å².